The molecule has 1 aromatic heterocycles. The minimum atomic E-state index is 0.168. The molecule has 2 heterocycles. The summed E-state index contributed by atoms with van der Waals surface area (Å²) >= 11 is 3.48. The van der Waals surface area contributed by atoms with Gasteiger partial charge in [0.05, 0.1) is 23.7 Å². The van der Waals surface area contributed by atoms with Crippen molar-refractivity contribution in [1.29, 1.82) is 0 Å². The largest absolute Gasteiger partial charge is 0.497 e. The van der Waals surface area contributed by atoms with Crippen molar-refractivity contribution in [3.8, 4) is 5.75 Å². The molecule has 3 aromatic rings. The number of fused-ring (bicyclic) bond motifs is 1. The summed E-state index contributed by atoms with van der Waals surface area (Å²) in [5.74, 6) is 0.956. The highest BCUT2D eigenvalue weighted by molar-refractivity contribution is 7.98. The van der Waals surface area contributed by atoms with Crippen LogP contribution in [0.1, 0.15) is 5.56 Å². The Morgan fingerprint density at radius 1 is 1.18 bits per heavy atom. The van der Waals surface area contributed by atoms with Crippen molar-refractivity contribution < 1.29 is 9.53 Å². The summed E-state index contributed by atoms with van der Waals surface area (Å²) in [6.07, 6.45) is 2.50. The number of hydrogen-bond donors (Lipinski definition) is 0. The average molecular weight is 414 g/mol. The van der Waals surface area contributed by atoms with Crippen molar-refractivity contribution in [3.05, 3.63) is 48.0 Å². The first-order valence-corrected chi connectivity index (χ1v) is 11.3. The molecule has 0 N–H and O–H groups in total. The van der Waals surface area contributed by atoms with Crippen LogP contribution in [0.25, 0.3) is 10.2 Å². The fourth-order valence-electron chi connectivity index (χ4n) is 3.37. The zero-order chi connectivity index (χ0) is 19.5. The normalized spacial score (nSPS) is 14.5. The molecule has 7 heteroatoms. The van der Waals surface area contributed by atoms with Gasteiger partial charge < -0.3 is 14.5 Å². The summed E-state index contributed by atoms with van der Waals surface area (Å²) in [4.78, 5) is 23.0. The summed E-state index contributed by atoms with van der Waals surface area (Å²) in [6, 6.07) is 14.1. The molecule has 0 saturated carbocycles. The van der Waals surface area contributed by atoms with E-state index < -0.39 is 0 Å². The molecule has 4 rings (SSSR count). The van der Waals surface area contributed by atoms with Crippen LogP contribution in [-0.2, 0) is 11.2 Å². The van der Waals surface area contributed by atoms with Crippen LogP contribution in [0.3, 0.4) is 0 Å². The lowest BCUT2D eigenvalue weighted by Crippen LogP contribution is -2.49. The molecule has 1 saturated heterocycles. The fourth-order valence-corrected chi connectivity index (χ4v) is 4.94. The van der Waals surface area contributed by atoms with Gasteiger partial charge in [-0.2, -0.15) is 0 Å². The van der Waals surface area contributed by atoms with Gasteiger partial charge in [0.25, 0.3) is 0 Å². The minimum absolute atomic E-state index is 0.168. The number of carbonyl (C=O) groups is 1. The van der Waals surface area contributed by atoms with E-state index in [1.165, 1.54) is 9.60 Å². The quantitative estimate of drug-likeness (QED) is 0.594. The molecule has 0 aliphatic carbocycles. The van der Waals surface area contributed by atoms with Crippen LogP contribution >= 0.6 is 23.1 Å². The van der Waals surface area contributed by atoms with Gasteiger partial charge in [-0.25, -0.2) is 4.98 Å². The molecular weight excluding hydrogens is 390 g/mol. The lowest BCUT2D eigenvalue weighted by Gasteiger charge is -2.34. The number of methoxy groups -OCH3 is 1. The van der Waals surface area contributed by atoms with Crippen molar-refractivity contribution in [1.82, 2.24) is 9.88 Å². The SMILES string of the molecule is COc1cccc(CC(=O)N2CCN(c3nc4ccc(SC)cc4s3)CC2)c1. The molecule has 146 valence electrons. The number of amides is 1. The maximum absolute atomic E-state index is 12.7. The molecule has 28 heavy (non-hydrogen) atoms. The molecule has 1 aliphatic heterocycles. The van der Waals surface area contributed by atoms with E-state index in [0.29, 0.717) is 6.42 Å². The Labute approximate surface area is 173 Å². The van der Waals surface area contributed by atoms with Gasteiger partial charge in [0.15, 0.2) is 5.13 Å². The van der Waals surface area contributed by atoms with Gasteiger partial charge >= 0.3 is 0 Å². The van der Waals surface area contributed by atoms with Gasteiger partial charge in [0.2, 0.25) is 5.91 Å². The second-order valence-electron chi connectivity index (χ2n) is 6.73. The zero-order valence-corrected chi connectivity index (χ0v) is 17.7. The highest BCUT2D eigenvalue weighted by Gasteiger charge is 2.23. The molecule has 0 radical (unpaired) electrons. The maximum atomic E-state index is 12.7. The van der Waals surface area contributed by atoms with Crippen molar-refractivity contribution in [2.45, 2.75) is 11.3 Å². The maximum Gasteiger partial charge on any atom is 0.227 e. The Bertz CT molecular complexity index is 981. The Kier molecular flexibility index (Phi) is 5.73. The van der Waals surface area contributed by atoms with Crippen molar-refractivity contribution in [2.24, 2.45) is 0 Å². The van der Waals surface area contributed by atoms with E-state index in [-0.39, 0.29) is 5.91 Å². The molecule has 1 amide bonds. The van der Waals surface area contributed by atoms with Gasteiger partial charge in [0, 0.05) is 31.1 Å². The molecule has 2 aromatic carbocycles. The first-order valence-electron chi connectivity index (χ1n) is 9.26. The number of ether oxygens (including phenoxy) is 1. The zero-order valence-electron chi connectivity index (χ0n) is 16.1. The molecule has 1 fully saturated rings. The lowest BCUT2D eigenvalue weighted by atomic mass is 10.1. The standard InChI is InChI=1S/C21H23N3O2S2/c1-26-16-5-3-4-15(12-16)13-20(25)23-8-10-24(11-9-23)21-22-18-7-6-17(27-2)14-19(18)28-21/h3-7,12,14H,8-11,13H2,1-2H3. The monoisotopic (exact) mass is 413 g/mol. The van der Waals surface area contributed by atoms with Crippen LogP contribution in [-0.4, -0.2) is 55.3 Å². The molecular formula is C21H23N3O2S2. The van der Waals surface area contributed by atoms with Crippen LogP contribution in [0.15, 0.2) is 47.4 Å². The van der Waals surface area contributed by atoms with Crippen LogP contribution in [0.4, 0.5) is 5.13 Å². The number of rotatable bonds is 5. The number of nitrogens with zero attached hydrogens (tertiary/aromatic N) is 3. The predicted octanol–water partition coefficient (Wildman–Crippen LogP) is 3.92. The average Bonchev–Trinajstić information content (AvgIpc) is 3.17. The van der Waals surface area contributed by atoms with Crippen LogP contribution < -0.4 is 9.64 Å². The second-order valence-corrected chi connectivity index (χ2v) is 8.61. The summed E-state index contributed by atoms with van der Waals surface area (Å²) in [7, 11) is 1.64. The number of aromatic nitrogens is 1. The second kappa shape index (κ2) is 8.41. The summed E-state index contributed by atoms with van der Waals surface area (Å²) in [6.45, 7) is 3.10. The lowest BCUT2D eigenvalue weighted by molar-refractivity contribution is -0.130. The Hall–Kier alpha value is -2.25. The van der Waals surface area contributed by atoms with Gasteiger partial charge in [-0.15, -0.1) is 11.8 Å². The van der Waals surface area contributed by atoms with Crippen molar-refractivity contribution in [3.63, 3.8) is 0 Å². The van der Waals surface area contributed by atoms with E-state index in [0.717, 1.165) is 48.1 Å². The molecule has 1 aliphatic rings. The number of piperazine rings is 1. The van der Waals surface area contributed by atoms with E-state index in [1.54, 1.807) is 30.2 Å². The third-order valence-corrected chi connectivity index (χ3v) is 6.78. The summed E-state index contributed by atoms with van der Waals surface area (Å²) in [5.41, 5.74) is 2.04. The van der Waals surface area contributed by atoms with Crippen molar-refractivity contribution in [2.75, 3.05) is 44.4 Å². The number of anilines is 1. The summed E-state index contributed by atoms with van der Waals surface area (Å²) < 4.78 is 6.47. The third-order valence-electron chi connectivity index (χ3n) is 4.98. The molecule has 0 spiro atoms. The molecule has 0 unspecified atom stereocenters. The van der Waals surface area contributed by atoms with E-state index in [1.807, 2.05) is 29.2 Å². The molecule has 5 nitrogen and oxygen atoms in total. The molecule has 0 bridgehead atoms. The number of thioether (sulfide) groups is 1. The van der Waals surface area contributed by atoms with Crippen LogP contribution in [0.2, 0.25) is 0 Å². The van der Waals surface area contributed by atoms with E-state index in [9.17, 15) is 4.79 Å². The Morgan fingerprint density at radius 2 is 2.00 bits per heavy atom. The van der Waals surface area contributed by atoms with E-state index in [2.05, 4.69) is 29.4 Å². The van der Waals surface area contributed by atoms with Crippen molar-refractivity contribution >= 4 is 44.4 Å². The van der Waals surface area contributed by atoms with Gasteiger partial charge in [0.1, 0.15) is 5.75 Å². The summed E-state index contributed by atoms with van der Waals surface area (Å²) in [5, 5.41) is 1.05. The molecule has 0 atom stereocenters. The highest BCUT2D eigenvalue weighted by Crippen LogP contribution is 2.32. The Balaban J connectivity index is 1.38. The smallest absolute Gasteiger partial charge is 0.227 e. The number of thiazole rings is 1. The minimum Gasteiger partial charge on any atom is -0.497 e. The van der Waals surface area contributed by atoms with Gasteiger partial charge in [-0.1, -0.05) is 23.5 Å². The van der Waals surface area contributed by atoms with E-state index in [4.69, 9.17) is 9.72 Å². The van der Waals surface area contributed by atoms with Gasteiger partial charge in [-0.3, -0.25) is 4.79 Å². The van der Waals surface area contributed by atoms with Gasteiger partial charge in [-0.05, 0) is 42.2 Å². The predicted molar refractivity (Wildman–Crippen MR) is 117 cm³/mol. The van der Waals surface area contributed by atoms with Crippen LogP contribution in [0.5, 0.6) is 5.75 Å². The first-order chi connectivity index (χ1) is 13.7. The third kappa shape index (κ3) is 4.10. The Morgan fingerprint density at radius 3 is 2.75 bits per heavy atom. The highest BCUT2D eigenvalue weighted by atomic mass is 32.2. The first kappa shape index (κ1) is 19.1. The van der Waals surface area contributed by atoms with Crippen LogP contribution in [0, 0.1) is 0 Å². The number of benzene rings is 2. The topological polar surface area (TPSA) is 45.7 Å². The van der Waals surface area contributed by atoms with E-state index >= 15 is 0 Å². The number of carbonyl (C=O) groups excluding carboxylic acids is 1. The fraction of sp³-hybridized carbons (Fsp3) is 0.333. The number of hydrogen-bond acceptors (Lipinski definition) is 6.